The van der Waals surface area contributed by atoms with E-state index in [1.807, 2.05) is 58.0 Å². The molecule has 136 valence electrons. The molecule has 5 heteroatoms. The predicted molar refractivity (Wildman–Crippen MR) is 102 cm³/mol. The Labute approximate surface area is 155 Å². The van der Waals surface area contributed by atoms with Crippen LogP contribution in [0.15, 0.2) is 30.3 Å². The third-order valence-corrected chi connectivity index (χ3v) is 5.88. The van der Waals surface area contributed by atoms with Gasteiger partial charge in [-0.25, -0.2) is 9.28 Å². The zero-order valence-corrected chi connectivity index (χ0v) is 16.4. The Morgan fingerprint density at radius 2 is 1.88 bits per heavy atom. The van der Waals surface area contributed by atoms with Gasteiger partial charge < -0.3 is 4.74 Å². The lowest BCUT2D eigenvalue weighted by molar-refractivity contribution is -0.851. The molecule has 1 aromatic carbocycles. The van der Waals surface area contributed by atoms with Crippen molar-refractivity contribution in [1.29, 1.82) is 0 Å². The molecule has 2 unspecified atom stereocenters. The maximum Gasteiger partial charge on any atom is 0.382 e. The van der Waals surface area contributed by atoms with Crippen LogP contribution in [0, 0.1) is 5.41 Å². The van der Waals surface area contributed by atoms with Crippen molar-refractivity contribution in [3.8, 4) is 5.75 Å². The topological polar surface area (TPSA) is 43.4 Å². The summed E-state index contributed by atoms with van der Waals surface area (Å²) in [6.45, 7) is 8.75. The first-order valence-corrected chi connectivity index (χ1v) is 9.42. The van der Waals surface area contributed by atoms with Crippen molar-refractivity contribution in [2.75, 3.05) is 13.1 Å². The van der Waals surface area contributed by atoms with Crippen molar-refractivity contribution >= 4 is 29.0 Å². The molecular weight excluding hydrogens is 334 g/mol. The smallest absolute Gasteiger partial charge is 0.382 e. The summed E-state index contributed by atoms with van der Waals surface area (Å²) in [7, 11) is 0. The van der Waals surface area contributed by atoms with Gasteiger partial charge in [0.15, 0.2) is 6.04 Å². The Morgan fingerprint density at radius 3 is 2.44 bits per heavy atom. The number of hydrogen-bond acceptors (Lipinski definition) is 4. The fourth-order valence-corrected chi connectivity index (χ4v) is 3.80. The first-order valence-electron chi connectivity index (χ1n) is 9.01. The molecule has 0 radical (unpaired) electrons. The number of thiocarbonyl (C=S) groups is 1. The Balaban J connectivity index is 2.27. The van der Waals surface area contributed by atoms with Crippen molar-refractivity contribution in [3.63, 3.8) is 0 Å². The standard InChI is InChI=1S/C20H28NO3S/c1-5-20(3,4)17(22)18(23)21(6-2)14-10-13-16(21)19(25)24-15-11-8-7-9-12-15/h7-9,11-12,16H,5-6,10,13-14H2,1-4H3/q+1. The minimum absolute atomic E-state index is 0.0912. The molecule has 2 atom stereocenters. The number of rotatable bonds is 6. The summed E-state index contributed by atoms with van der Waals surface area (Å²) in [6, 6.07) is 9.11. The van der Waals surface area contributed by atoms with Gasteiger partial charge in [-0.3, -0.25) is 4.79 Å². The van der Waals surface area contributed by atoms with Crippen LogP contribution < -0.4 is 4.74 Å². The zero-order valence-electron chi connectivity index (χ0n) is 15.6. The maximum atomic E-state index is 13.2. The van der Waals surface area contributed by atoms with Crippen molar-refractivity contribution in [2.45, 2.75) is 53.0 Å². The lowest BCUT2D eigenvalue weighted by Crippen LogP contribution is -2.62. The van der Waals surface area contributed by atoms with Crippen LogP contribution in [0.4, 0.5) is 0 Å². The highest BCUT2D eigenvalue weighted by molar-refractivity contribution is 7.80. The summed E-state index contributed by atoms with van der Waals surface area (Å²) in [4.78, 5) is 26.0. The number of ketones is 1. The quantitative estimate of drug-likeness (QED) is 0.437. The molecular formula is C20H28NO3S+. The second-order valence-electron chi connectivity index (χ2n) is 7.34. The van der Waals surface area contributed by atoms with E-state index in [0.717, 1.165) is 12.8 Å². The Hall–Kier alpha value is -1.59. The van der Waals surface area contributed by atoms with Crippen molar-refractivity contribution in [1.82, 2.24) is 0 Å². The number of carbonyl (C=O) groups is 2. The van der Waals surface area contributed by atoms with Gasteiger partial charge in [0.05, 0.1) is 13.1 Å². The molecule has 1 amide bonds. The van der Waals surface area contributed by atoms with E-state index in [-0.39, 0.29) is 22.2 Å². The number of Topliss-reactive ketones (excluding diaryl/α,β-unsaturated/α-hetero) is 1. The third kappa shape index (κ3) is 3.82. The normalized spacial score (nSPS) is 23.3. The third-order valence-electron chi connectivity index (χ3n) is 5.53. The van der Waals surface area contributed by atoms with Gasteiger partial charge in [-0.1, -0.05) is 39.0 Å². The van der Waals surface area contributed by atoms with Crippen molar-refractivity contribution < 1.29 is 18.8 Å². The number of para-hydroxylation sites is 1. The molecule has 1 aliphatic heterocycles. The van der Waals surface area contributed by atoms with Gasteiger partial charge in [-0.15, -0.1) is 0 Å². The van der Waals surface area contributed by atoms with Gasteiger partial charge in [-0.05, 0) is 37.7 Å². The van der Waals surface area contributed by atoms with Gasteiger partial charge in [0.1, 0.15) is 5.75 Å². The van der Waals surface area contributed by atoms with Gasteiger partial charge in [-0.2, -0.15) is 0 Å². The number of carbonyl (C=O) groups excluding carboxylic acids is 2. The number of amides is 1. The Morgan fingerprint density at radius 1 is 1.24 bits per heavy atom. The molecule has 1 fully saturated rings. The molecule has 4 nitrogen and oxygen atoms in total. The molecule has 0 bridgehead atoms. The average Bonchev–Trinajstić information content (AvgIpc) is 3.06. The van der Waals surface area contributed by atoms with E-state index in [1.54, 1.807) is 0 Å². The molecule has 1 heterocycles. The number of quaternary nitrogens is 1. The molecule has 0 aromatic heterocycles. The molecule has 0 aliphatic carbocycles. The van der Waals surface area contributed by atoms with E-state index in [2.05, 4.69) is 0 Å². The molecule has 25 heavy (non-hydrogen) atoms. The van der Waals surface area contributed by atoms with Crippen LogP contribution in [0.2, 0.25) is 0 Å². The predicted octanol–water partition coefficient (Wildman–Crippen LogP) is 3.92. The summed E-state index contributed by atoms with van der Waals surface area (Å²) in [5, 5.41) is 0.404. The Bertz CT molecular complexity index is 656. The van der Waals surface area contributed by atoms with E-state index in [0.29, 0.717) is 30.3 Å². The van der Waals surface area contributed by atoms with Crippen LogP contribution in [0.5, 0.6) is 5.75 Å². The lowest BCUT2D eigenvalue weighted by Gasteiger charge is -2.37. The molecule has 1 saturated heterocycles. The van der Waals surface area contributed by atoms with Crippen molar-refractivity contribution in [2.24, 2.45) is 5.41 Å². The summed E-state index contributed by atoms with van der Waals surface area (Å²) in [6.07, 6.45) is 2.27. The molecule has 1 aliphatic rings. The summed E-state index contributed by atoms with van der Waals surface area (Å²) in [5.41, 5.74) is -0.646. The fraction of sp³-hybridized carbons (Fsp3) is 0.550. The molecule has 0 N–H and O–H groups in total. The molecule has 2 rings (SSSR count). The van der Waals surface area contributed by atoms with Crippen molar-refractivity contribution in [3.05, 3.63) is 30.3 Å². The Kier molecular flexibility index (Phi) is 6.12. The highest BCUT2D eigenvalue weighted by Gasteiger charge is 2.54. The summed E-state index contributed by atoms with van der Waals surface area (Å²) >= 11 is 5.54. The minimum atomic E-state index is -0.646. The molecule has 0 spiro atoms. The molecule has 1 aromatic rings. The van der Waals surface area contributed by atoms with Gasteiger partial charge in [0, 0.05) is 18.3 Å². The first kappa shape index (κ1) is 19.7. The van der Waals surface area contributed by atoms with Crippen LogP contribution in [-0.4, -0.2) is 40.4 Å². The van der Waals surface area contributed by atoms with Crippen LogP contribution in [0.25, 0.3) is 0 Å². The average molecular weight is 363 g/mol. The number of benzene rings is 1. The summed E-state index contributed by atoms with van der Waals surface area (Å²) in [5.74, 6) is 0.0448. The highest BCUT2D eigenvalue weighted by Crippen LogP contribution is 2.33. The van der Waals surface area contributed by atoms with E-state index < -0.39 is 5.41 Å². The zero-order chi connectivity index (χ0) is 18.7. The first-order chi connectivity index (χ1) is 11.8. The monoisotopic (exact) mass is 362 g/mol. The maximum absolute atomic E-state index is 13.2. The van der Waals surface area contributed by atoms with Crippen LogP contribution >= 0.6 is 12.2 Å². The fourth-order valence-electron chi connectivity index (χ4n) is 3.38. The number of likely N-dealkylation sites (tertiary alicyclic amines) is 1. The number of hydrogen-bond donors (Lipinski definition) is 0. The van der Waals surface area contributed by atoms with Crippen LogP contribution in [-0.2, 0) is 9.59 Å². The van der Waals surface area contributed by atoms with Gasteiger partial charge in [0.25, 0.3) is 5.78 Å². The number of nitrogens with zero attached hydrogens (tertiary/aromatic N) is 1. The van der Waals surface area contributed by atoms with Crippen LogP contribution in [0.1, 0.15) is 47.0 Å². The van der Waals surface area contributed by atoms with E-state index in [1.165, 1.54) is 0 Å². The van der Waals surface area contributed by atoms with Gasteiger partial charge >= 0.3 is 5.91 Å². The number of ether oxygens (including phenoxy) is 1. The van der Waals surface area contributed by atoms with Gasteiger partial charge in [0.2, 0.25) is 5.05 Å². The largest absolute Gasteiger partial charge is 0.444 e. The number of likely N-dealkylation sites (N-methyl/N-ethyl adjacent to an activating group) is 1. The molecule has 0 saturated carbocycles. The van der Waals surface area contributed by atoms with E-state index in [4.69, 9.17) is 17.0 Å². The lowest BCUT2D eigenvalue weighted by atomic mass is 9.84. The highest BCUT2D eigenvalue weighted by atomic mass is 32.1. The second-order valence-corrected chi connectivity index (χ2v) is 7.74. The van der Waals surface area contributed by atoms with E-state index in [9.17, 15) is 9.59 Å². The summed E-state index contributed by atoms with van der Waals surface area (Å²) < 4.78 is 5.94. The SMILES string of the molecule is CCC(C)(C)C(=O)C(=O)[N+]1(CC)CCCC1C(=S)Oc1ccccc1. The van der Waals surface area contributed by atoms with Crippen LogP contribution in [0.3, 0.4) is 0 Å². The second kappa shape index (κ2) is 7.75. The van der Waals surface area contributed by atoms with E-state index >= 15 is 0 Å². The minimum Gasteiger partial charge on any atom is -0.444 e.